The summed E-state index contributed by atoms with van der Waals surface area (Å²) < 4.78 is 40.6. The molecule has 18 heavy (non-hydrogen) atoms. The summed E-state index contributed by atoms with van der Waals surface area (Å²) in [5.74, 6) is -3.78. The average molecular weight is 277 g/mol. The van der Waals surface area contributed by atoms with Crippen LogP contribution < -0.4 is 5.32 Å². The molecule has 1 rings (SSSR count). The summed E-state index contributed by atoms with van der Waals surface area (Å²) in [6, 6.07) is 1.08. The molecule has 0 aliphatic carbocycles. The predicted molar refractivity (Wildman–Crippen MR) is 63.9 cm³/mol. The Labute approximate surface area is 108 Å². The van der Waals surface area contributed by atoms with Gasteiger partial charge in [0.25, 0.3) is 0 Å². The summed E-state index contributed by atoms with van der Waals surface area (Å²) in [5.41, 5.74) is -1.00. The molecule has 98 valence electrons. The van der Waals surface area contributed by atoms with Crippen molar-refractivity contribution in [2.75, 3.05) is 5.32 Å². The number of nitriles is 1. The molecule has 0 aromatic heterocycles. The first kappa shape index (κ1) is 14.7. The third-order valence-corrected chi connectivity index (χ3v) is 2.94. The zero-order valence-electron chi connectivity index (χ0n) is 10.1. The average Bonchev–Trinajstić information content (AvgIpc) is 2.34. The number of nitrogens with zero attached hydrogens (tertiary/aromatic N) is 1. The van der Waals surface area contributed by atoms with Gasteiger partial charge in [0.15, 0.2) is 11.6 Å². The highest BCUT2D eigenvalue weighted by atomic mass is 35.5. The lowest BCUT2D eigenvalue weighted by atomic mass is 10.1. The molecule has 0 aliphatic rings. The SMILES string of the molecule is Cc1c(F)c(F)c(NC(C#N)C(C)C)c(Cl)c1F. The topological polar surface area (TPSA) is 35.8 Å². The summed E-state index contributed by atoms with van der Waals surface area (Å²) in [6.45, 7) is 4.52. The first-order valence-corrected chi connectivity index (χ1v) is 5.67. The molecule has 1 N–H and O–H groups in total. The van der Waals surface area contributed by atoms with Crippen molar-refractivity contribution >= 4 is 17.3 Å². The molecule has 1 aromatic carbocycles. The summed E-state index contributed by atoms with van der Waals surface area (Å²) in [5, 5.41) is 10.7. The number of hydrogen-bond acceptors (Lipinski definition) is 2. The summed E-state index contributed by atoms with van der Waals surface area (Å²) in [7, 11) is 0. The van der Waals surface area contributed by atoms with Gasteiger partial charge in [-0.15, -0.1) is 0 Å². The van der Waals surface area contributed by atoms with E-state index in [1.807, 2.05) is 6.07 Å². The van der Waals surface area contributed by atoms with Crippen molar-refractivity contribution in [2.24, 2.45) is 5.92 Å². The van der Waals surface area contributed by atoms with Gasteiger partial charge >= 0.3 is 0 Å². The third kappa shape index (κ3) is 2.54. The van der Waals surface area contributed by atoms with Gasteiger partial charge in [0, 0.05) is 5.56 Å². The predicted octanol–water partition coefficient (Wildman–Crippen LogP) is 4.03. The minimum Gasteiger partial charge on any atom is -0.366 e. The second kappa shape index (κ2) is 5.49. The van der Waals surface area contributed by atoms with Crippen LogP contribution in [0.5, 0.6) is 0 Å². The van der Waals surface area contributed by atoms with Gasteiger partial charge in [-0.05, 0) is 12.8 Å². The largest absolute Gasteiger partial charge is 0.366 e. The van der Waals surface area contributed by atoms with Crippen LogP contribution in [0.25, 0.3) is 0 Å². The van der Waals surface area contributed by atoms with E-state index in [9.17, 15) is 13.2 Å². The molecule has 0 radical (unpaired) electrons. The quantitative estimate of drug-likeness (QED) is 0.846. The molecule has 0 aliphatic heterocycles. The highest BCUT2D eigenvalue weighted by Gasteiger charge is 2.24. The molecule has 0 saturated carbocycles. The molecule has 1 unspecified atom stereocenters. The smallest absolute Gasteiger partial charge is 0.183 e. The second-order valence-corrected chi connectivity index (χ2v) is 4.63. The van der Waals surface area contributed by atoms with Crippen molar-refractivity contribution < 1.29 is 13.2 Å². The number of benzene rings is 1. The van der Waals surface area contributed by atoms with Gasteiger partial charge in [-0.3, -0.25) is 0 Å². The standard InChI is InChI=1S/C12H12ClF3N2/c1-5(2)7(4-17)18-12-8(13)9(14)6(3)10(15)11(12)16/h5,7,18H,1-3H3. The number of hydrogen-bond donors (Lipinski definition) is 1. The molecule has 2 nitrogen and oxygen atoms in total. The van der Waals surface area contributed by atoms with Gasteiger partial charge in [0.2, 0.25) is 0 Å². The monoisotopic (exact) mass is 276 g/mol. The molecule has 1 aromatic rings. The van der Waals surface area contributed by atoms with Crippen LogP contribution >= 0.6 is 11.6 Å². The van der Waals surface area contributed by atoms with E-state index in [4.69, 9.17) is 16.9 Å². The van der Waals surface area contributed by atoms with E-state index in [1.165, 1.54) is 0 Å². The Balaban J connectivity index is 3.30. The molecule has 0 heterocycles. The maximum Gasteiger partial charge on any atom is 0.183 e. The zero-order valence-corrected chi connectivity index (χ0v) is 10.9. The number of anilines is 1. The Hall–Kier alpha value is -1.41. The first-order chi connectivity index (χ1) is 8.31. The molecule has 0 amide bonds. The number of nitrogens with one attached hydrogen (secondary N) is 1. The zero-order chi connectivity index (χ0) is 14.0. The maximum absolute atomic E-state index is 13.7. The lowest BCUT2D eigenvalue weighted by Crippen LogP contribution is -2.25. The molecular formula is C12H12ClF3N2. The third-order valence-electron chi connectivity index (χ3n) is 2.59. The Bertz CT molecular complexity index is 480. The molecule has 0 bridgehead atoms. The van der Waals surface area contributed by atoms with Gasteiger partial charge in [0.1, 0.15) is 16.9 Å². The molecule has 1 atom stereocenters. The summed E-state index contributed by atoms with van der Waals surface area (Å²) in [6.07, 6.45) is 0. The summed E-state index contributed by atoms with van der Waals surface area (Å²) in [4.78, 5) is 0. The molecule has 6 heteroatoms. The lowest BCUT2D eigenvalue weighted by molar-refractivity contribution is 0.486. The minimum atomic E-state index is -1.31. The van der Waals surface area contributed by atoms with Crippen molar-refractivity contribution in [1.29, 1.82) is 5.26 Å². The van der Waals surface area contributed by atoms with Crippen LogP contribution in [0.3, 0.4) is 0 Å². The highest BCUT2D eigenvalue weighted by molar-refractivity contribution is 6.33. The summed E-state index contributed by atoms with van der Waals surface area (Å²) >= 11 is 5.63. The van der Waals surface area contributed by atoms with Crippen LogP contribution in [0.15, 0.2) is 0 Å². The van der Waals surface area contributed by atoms with Gasteiger partial charge in [-0.2, -0.15) is 5.26 Å². The molecule has 0 fully saturated rings. The maximum atomic E-state index is 13.7. The van der Waals surface area contributed by atoms with Crippen molar-refractivity contribution in [1.82, 2.24) is 0 Å². The second-order valence-electron chi connectivity index (χ2n) is 4.25. The molecular weight excluding hydrogens is 265 g/mol. The molecule has 0 saturated heterocycles. The van der Waals surface area contributed by atoms with Gasteiger partial charge in [0.05, 0.1) is 11.8 Å². The minimum absolute atomic E-state index is 0.169. The normalized spacial score (nSPS) is 12.4. The molecule has 0 spiro atoms. The first-order valence-electron chi connectivity index (χ1n) is 5.29. The number of halogens is 4. The van der Waals surface area contributed by atoms with Crippen molar-refractivity contribution in [2.45, 2.75) is 26.8 Å². The van der Waals surface area contributed by atoms with Gasteiger partial charge in [-0.1, -0.05) is 25.4 Å². The fraction of sp³-hybridized carbons (Fsp3) is 0.417. The van der Waals surface area contributed by atoms with Crippen LogP contribution in [0.4, 0.5) is 18.9 Å². The van der Waals surface area contributed by atoms with E-state index in [0.717, 1.165) is 6.92 Å². The van der Waals surface area contributed by atoms with Crippen molar-refractivity contribution in [3.05, 3.63) is 28.0 Å². The van der Waals surface area contributed by atoms with E-state index in [1.54, 1.807) is 13.8 Å². The van der Waals surface area contributed by atoms with Crippen LogP contribution in [0.1, 0.15) is 19.4 Å². The van der Waals surface area contributed by atoms with Crippen LogP contribution in [0.2, 0.25) is 5.02 Å². The van der Waals surface area contributed by atoms with Crippen LogP contribution in [-0.4, -0.2) is 6.04 Å². The van der Waals surface area contributed by atoms with Gasteiger partial charge in [-0.25, -0.2) is 13.2 Å². The van der Waals surface area contributed by atoms with Gasteiger partial charge < -0.3 is 5.32 Å². The van der Waals surface area contributed by atoms with E-state index in [0.29, 0.717) is 0 Å². The highest BCUT2D eigenvalue weighted by Crippen LogP contribution is 2.33. The van der Waals surface area contributed by atoms with E-state index < -0.39 is 39.8 Å². The van der Waals surface area contributed by atoms with Crippen molar-refractivity contribution in [3.63, 3.8) is 0 Å². The fourth-order valence-corrected chi connectivity index (χ4v) is 1.65. The van der Waals surface area contributed by atoms with Crippen LogP contribution in [0, 0.1) is 41.6 Å². The van der Waals surface area contributed by atoms with Crippen LogP contribution in [-0.2, 0) is 0 Å². The Morgan fingerprint density at radius 3 is 2.17 bits per heavy atom. The lowest BCUT2D eigenvalue weighted by Gasteiger charge is -2.19. The number of rotatable bonds is 3. The van der Waals surface area contributed by atoms with E-state index in [-0.39, 0.29) is 5.92 Å². The van der Waals surface area contributed by atoms with E-state index in [2.05, 4.69) is 5.32 Å². The Kier molecular flexibility index (Phi) is 4.47. The van der Waals surface area contributed by atoms with Crippen molar-refractivity contribution in [3.8, 4) is 6.07 Å². The fourth-order valence-electron chi connectivity index (χ4n) is 1.37. The van der Waals surface area contributed by atoms with E-state index >= 15 is 0 Å². The Morgan fingerprint density at radius 1 is 1.17 bits per heavy atom. The Morgan fingerprint density at radius 2 is 1.72 bits per heavy atom.